The van der Waals surface area contributed by atoms with Crippen LogP contribution in [0, 0.1) is 11.8 Å². The van der Waals surface area contributed by atoms with Crippen LogP contribution >= 0.6 is 0 Å². The van der Waals surface area contributed by atoms with Crippen molar-refractivity contribution in [2.75, 3.05) is 6.54 Å². The molecule has 68 valence electrons. The average molecular weight is 165 g/mol. The quantitative estimate of drug-likeness (QED) is 0.577. The standard InChI is InChI=1S/C11H19N/c1-3-12-8-7-9(2)10-5-4-6-11(10)12/h3,9-11H,1,4-8H2,2H3. The zero-order chi connectivity index (χ0) is 8.55. The van der Waals surface area contributed by atoms with Crippen molar-refractivity contribution in [2.45, 2.75) is 38.6 Å². The Morgan fingerprint density at radius 1 is 1.33 bits per heavy atom. The van der Waals surface area contributed by atoms with E-state index in [1.165, 1.54) is 32.2 Å². The number of fused-ring (bicyclic) bond motifs is 1. The molecule has 1 nitrogen and oxygen atoms in total. The normalized spacial score (nSPS) is 41.1. The lowest BCUT2D eigenvalue weighted by molar-refractivity contribution is 0.119. The van der Waals surface area contributed by atoms with Crippen molar-refractivity contribution in [3.05, 3.63) is 12.8 Å². The summed E-state index contributed by atoms with van der Waals surface area (Å²) in [5.41, 5.74) is 0. The third-order valence-corrected chi connectivity index (χ3v) is 3.77. The summed E-state index contributed by atoms with van der Waals surface area (Å²) in [4.78, 5) is 2.47. The van der Waals surface area contributed by atoms with Crippen molar-refractivity contribution in [1.29, 1.82) is 0 Å². The minimum absolute atomic E-state index is 0.839. The summed E-state index contributed by atoms with van der Waals surface area (Å²) in [6.07, 6.45) is 7.71. The van der Waals surface area contributed by atoms with Gasteiger partial charge >= 0.3 is 0 Å². The molecule has 0 aromatic rings. The summed E-state index contributed by atoms with van der Waals surface area (Å²) in [6.45, 7) is 7.56. The van der Waals surface area contributed by atoms with Crippen molar-refractivity contribution in [1.82, 2.24) is 4.90 Å². The fraction of sp³-hybridized carbons (Fsp3) is 0.818. The minimum atomic E-state index is 0.839. The number of hydrogen-bond donors (Lipinski definition) is 0. The van der Waals surface area contributed by atoms with Gasteiger partial charge in [-0.05, 0) is 37.3 Å². The molecule has 1 heterocycles. The molecule has 1 heteroatoms. The lowest BCUT2D eigenvalue weighted by atomic mass is 9.83. The van der Waals surface area contributed by atoms with E-state index >= 15 is 0 Å². The van der Waals surface area contributed by atoms with Crippen LogP contribution in [0.5, 0.6) is 0 Å². The SMILES string of the molecule is C=CN1CCC(C)C2CCCC21. The molecule has 0 amide bonds. The molecule has 12 heavy (non-hydrogen) atoms. The van der Waals surface area contributed by atoms with Crippen molar-refractivity contribution in [2.24, 2.45) is 11.8 Å². The van der Waals surface area contributed by atoms with Gasteiger partial charge in [0.1, 0.15) is 0 Å². The maximum Gasteiger partial charge on any atom is 0.0314 e. The number of nitrogens with zero attached hydrogens (tertiary/aromatic N) is 1. The van der Waals surface area contributed by atoms with Gasteiger partial charge in [-0.1, -0.05) is 19.9 Å². The third kappa shape index (κ3) is 1.16. The Balaban J connectivity index is 2.10. The van der Waals surface area contributed by atoms with Gasteiger partial charge in [0.15, 0.2) is 0 Å². The Bertz CT molecular complexity index is 176. The van der Waals surface area contributed by atoms with Crippen molar-refractivity contribution < 1.29 is 0 Å². The lowest BCUT2D eigenvalue weighted by Gasteiger charge is -2.40. The van der Waals surface area contributed by atoms with E-state index in [1.54, 1.807) is 0 Å². The summed E-state index contributed by atoms with van der Waals surface area (Å²) in [6, 6.07) is 0.839. The van der Waals surface area contributed by atoms with Gasteiger partial charge in [0.2, 0.25) is 0 Å². The van der Waals surface area contributed by atoms with Crippen molar-refractivity contribution >= 4 is 0 Å². The largest absolute Gasteiger partial charge is 0.375 e. The van der Waals surface area contributed by atoms with Crippen LogP contribution in [0.2, 0.25) is 0 Å². The summed E-state index contributed by atoms with van der Waals surface area (Å²) in [5, 5.41) is 0. The summed E-state index contributed by atoms with van der Waals surface area (Å²) in [7, 11) is 0. The predicted molar refractivity (Wildman–Crippen MR) is 51.8 cm³/mol. The molecule has 0 aromatic carbocycles. The second-order valence-electron chi connectivity index (χ2n) is 4.35. The van der Waals surface area contributed by atoms with E-state index in [2.05, 4.69) is 24.6 Å². The zero-order valence-electron chi connectivity index (χ0n) is 8.00. The highest BCUT2D eigenvalue weighted by molar-refractivity contribution is 4.95. The summed E-state index contributed by atoms with van der Waals surface area (Å²) in [5.74, 6) is 1.92. The van der Waals surface area contributed by atoms with Gasteiger partial charge in [0.25, 0.3) is 0 Å². The number of hydrogen-bond acceptors (Lipinski definition) is 1. The van der Waals surface area contributed by atoms with Crippen LogP contribution in [0.3, 0.4) is 0 Å². The molecule has 0 aromatic heterocycles. The fourth-order valence-corrected chi connectivity index (χ4v) is 3.00. The maximum absolute atomic E-state index is 3.90. The average Bonchev–Trinajstić information content (AvgIpc) is 2.54. The van der Waals surface area contributed by atoms with Gasteiger partial charge in [0.05, 0.1) is 0 Å². The Morgan fingerprint density at radius 2 is 2.17 bits per heavy atom. The molecule has 1 aliphatic heterocycles. The van der Waals surface area contributed by atoms with Gasteiger partial charge in [-0.25, -0.2) is 0 Å². The van der Waals surface area contributed by atoms with E-state index < -0.39 is 0 Å². The van der Waals surface area contributed by atoms with Gasteiger partial charge < -0.3 is 4.90 Å². The highest BCUT2D eigenvalue weighted by Gasteiger charge is 2.37. The maximum atomic E-state index is 3.90. The second kappa shape index (κ2) is 3.12. The first-order chi connectivity index (χ1) is 5.83. The second-order valence-corrected chi connectivity index (χ2v) is 4.35. The predicted octanol–water partition coefficient (Wildman–Crippen LogP) is 2.64. The first kappa shape index (κ1) is 8.15. The zero-order valence-corrected chi connectivity index (χ0v) is 8.00. The number of likely N-dealkylation sites (tertiary alicyclic amines) is 1. The molecule has 0 spiro atoms. The van der Waals surface area contributed by atoms with E-state index in [9.17, 15) is 0 Å². The van der Waals surface area contributed by atoms with Crippen molar-refractivity contribution in [3.8, 4) is 0 Å². The van der Waals surface area contributed by atoms with Crippen LogP contribution in [0.1, 0.15) is 32.6 Å². The Kier molecular flexibility index (Phi) is 2.12. The molecule has 1 saturated heterocycles. The molecular formula is C11H19N. The molecule has 3 atom stereocenters. The minimum Gasteiger partial charge on any atom is -0.375 e. The summed E-state index contributed by atoms with van der Waals surface area (Å²) >= 11 is 0. The van der Waals surface area contributed by atoms with Crippen LogP contribution in [-0.4, -0.2) is 17.5 Å². The third-order valence-electron chi connectivity index (χ3n) is 3.77. The van der Waals surface area contributed by atoms with Crippen LogP contribution in [-0.2, 0) is 0 Å². The Hall–Kier alpha value is -0.460. The molecule has 3 unspecified atom stereocenters. The molecule has 0 N–H and O–H groups in total. The van der Waals surface area contributed by atoms with E-state index in [4.69, 9.17) is 0 Å². The highest BCUT2D eigenvalue weighted by atomic mass is 15.2. The van der Waals surface area contributed by atoms with Gasteiger partial charge in [-0.15, -0.1) is 0 Å². The van der Waals surface area contributed by atoms with E-state index in [1.807, 2.05) is 0 Å². The first-order valence-electron chi connectivity index (χ1n) is 5.21. The molecule has 2 rings (SSSR count). The fourth-order valence-electron chi connectivity index (χ4n) is 3.00. The van der Waals surface area contributed by atoms with Crippen LogP contribution < -0.4 is 0 Å². The van der Waals surface area contributed by atoms with Gasteiger partial charge in [0, 0.05) is 12.6 Å². The number of rotatable bonds is 1. The smallest absolute Gasteiger partial charge is 0.0314 e. The molecule has 2 fully saturated rings. The van der Waals surface area contributed by atoms with Crippen LogP contribution in [0.4, 0.5) is 0 Å². The Labute approximate surface area is 75.4 Å². The van der Waals surface area contributed by atoms with Crippen molar-refractivity contribution in [3.63, 3.8) is 0 Å². The topological polar surface area (TPSA) is 3.24 Å². The number of piperidine rings is 1. The van der Waals surface area contributed by atoms with Gasteiger partial charge in [-0.3, -0.25) is 0 Å². The van der Waals surface area contributed by atoms with E-state index in [0.29, 0.717) is 0 Å². The Morgan fingerprint density at radius 3 is 2.92 bits per heavy atom. The molecule has 0 bridgehead atoms. The molecule has 1 aliphatic carbocycles. The molecule has 1 saturated carbocycles. The van der Waals surface area contributed by atoms with Gasteiger partial charge in [-0.2, -0.15) is 0 Å². The van der Waals surface area contributed by atoms with Crippen LogP contribution in [0.15, 0.2) is 12.8 Å². The van der Waals surface area contributed by atoms with E-state index in [-0.39, 0.29) is 0 Å². The summed E-state index contributed by atoms with van der Waals surface area (Å²) < 4.78 is 0. The monoisotopic (exact) mass is 165 g/mol. The molecular weight excluding hydrogens is 146 g/mol. The van der Waals surface area contributed by atoms with Crippen LogP contribution in [0.25, 0.3) is 0 Å². The highest BCUT2D eigenvalue weighted by Crippen LogP contribution is 2.40. The first-order valence-corrected chi connectivity index (χ1v) is 5.21. The molecule has 2 aliphatic rings. The molecule has 0 radical (unpaired) electrons. The van der Waals surface area contributed by atoms with E-state index in [0.717, 1.165) is 17.9 Å². The lowest BCUT2D eigenvalue weighted by Crippen LogP contribution is -2.42.